The van der Waals surface area contributed by atoms with Gasteiger partial charge in [0.05, 0.1) is 0 Å². The van der Waals surface area contributed by atoms with Crippen LogP contribution in [0.25, 0.3) is 0 Å². The number of rotatable bonds is 8. The molecule has 0 atom stereocenters. The zero-order valence-electron chi connectivity index (χ0n) is 16.4. The summed E-state index contributed by atoms with van der Waals surface area (Å²) in [6, 6.07) is 6.02. The Morgan fingerprint density at radius 3 is 2.70 bits per heavy atom. The summed E-state index contributed by atoms with van der Waals surface area (Å²) in [7, 11) is 1.82. The van der Waals surface area contributed by atoms with E-state index in [1.165, 1.54) is 25.7 Å². The SMILES string of the molecule is CCOCCC1(CNC(=NC)NCc2ccc3c(c2)OCO3)CCCC1.I. The fourth-order valence-electron chi connectivity index (χ4n) is 3.80. The van der Waals surface area contributed by atoms with Gasteiger partial charge in [0, 0.05) is 33.4 Å². The predicted molar refractivity (Wildman–Crippen MR) is 118 cm³/mol. The van der Waals surface area contributed by atoms with Crippen molar-refractivity contribution in [3.05, 3.63) is 23.8 Å². The maximum Gasteiger partial charge on any atom is 0.231 e. The van der Waals surface area contributed by atoms with Gasteiger partial charge in [-0.05, 0) is 49.3 Å². The average Bonchev–Trinajstić information content (AvgIpc) is 3.31. The van der Waals surface area contributed by atoms with E-state index in [0.717, 1.165) is 49.2 Å². The smallest absolute Gasteiger partial charge is 0.231 e. The number of nitrogens with zero attached hydrogens (tertiary/aromatic N) is 1. The van der Waals surface area contributed by atoms with Crippen molar-refractivity contribution in [1.82, 2.24) is 10.6 Å². The van der Waals surface area contributed by atoms with Crippen LogP contribution < -0.4 is 20.1 Å². The first kappa shape index (κ1) is 22.1. The molecular weight excluding hydrogens is 457 g/mol. The van der Waals surface area contributed by atoms with Crippen molar-refractivity contribution < 1.29 is 14.2 Å². The topological polar surface area (TPSA) is 64.1 Å². The van der Waals surface area contributed by atoms with Gasteiger partial charge in [0.15, 0.2) is 17.5 Å². The van der Waals surface area contributed by atoms with Crippen molar-refractivity contribution >= 4 is 29.9 Å². The molecule has 1 aliphatic carbocycles. The number of benzene rings is 1. The number of ether oxygens (including phenoxy) is 3. The molecule has 7 heteroatoms. The van der Waals surface area contributed by atoms with Crippen molar-refractivity contribution in [2.45, 2.75) is 45.6 Å². The second-order valence-corrected chi connectivity index (χ2v) is 7.12. The number of nitrogens with one attached hydrogen (secondary N) is 2. The van der Waals surface area contributed by atoms with E-state index in [9.17, 15) is 0 Å². The number of halogens is 1. The maximum absolute atomic E-state index is 5.60. The molecule has 27 heavy (non-hydrogen) atoms. The highest BCUT2D eigenvalue weighted by atomic mass is 127. The molecule has 0 unspecified atom stereocenters. The summed E-state index contributed by atoms with van der Waals surface area (Å²) >= 11 is 0. The molecule has 1 aliphatic heterocycles. The lowest BCUT2D eigenvalue weighted by Gasteiger charge is -2.30. The Balaban J connectivity index is 0.00000261. The van der Waals surface area contributed by atoms with Crippen molar-refractivity contribution in [1.29, 1.82) is 0 Å². The quantitative estimate of drug-likeness (QED) is 0.253. The number of aliphatic imine (C=N–C) groups is 1. The molecule has 2 aliphatic rings. The number of fused-ring (bicyclic) bond motifs is 1. The van der Waals surface area contributed by atoms with E-state index in [0.29, 0.717) is 18.8 Å². The molecule has 0 aromatic heterocycles. The molecule has 152 valence electrons. The fraction of sp³-hybridized carbons (Fsp3) is 0.650. The zero-order chi connectivity index (χ0) is 18.2. The van der Waals surface area contributed by atoms with Crippen LogP contribution in [0.4, 0.5) is 0 Å². The van der Waals surface area contributed by atoms with Gasteiger partial charge in [0.1, 0.15) is 0 Å². The minimum atomic E-state index is 0. The Hall–Kier alpha value is -1.22. The number of hydrogen-bond acceptors (Lipinski definition) is 4. The van der Waals surface area contributed by atoms with E-state index in [2.05, 4.69) is 22.5 Å². The first-order chi connectivity index (χ1) is 12.7. The van der Waals surface area contributed by atoms with Crippen LogP contribution in [0.3, 0.4) is 0 Å². The summed E-state index contributed by atoms with van der Waals surface area (Å²) in [5, 5.41) is 6.93. The van der Waals surface area contributed by atoms with E-state index in [1.54, 1.807) is 0 Å². The minimum Gasteiger partial charge on any atom is -0.454 e. The van der Waals surface area contributed by atoms with Gasteiger partial charge in [-0.3, -0.25) is 4.99 Å². The van der Waals surface area contributed by atoms with Crippen LogP contribution in [-0.2, 0) is 11.3 Å². The van der Waals surface area contributed by atoms with E-state index in [1.807, 2.05) is 25.2 Å². The van der Waals surface area contributed by atoms with Crippen molar-refractivity contribution in [2.75, 3.05) is 33.6 Å². The molecular formula is C20H32IN3O3. The van der Waals surface area contributed by atoms with E-state index in [-0.39, 0.29) is 24.0 Å². The van der Waals surface area contributed by atoms with Crippen LogP contribution in [0.1, 0.15) is 44.6 Å². The Morgan fingerprint density at radius 1 is 1.19 bits per heavy atom. The van der Waals surface area contributed by atoms with Gasteiger partial charge in [-0.1, -0.05) is 18.9 Å². The highest BCUT2D eigenvalue weighted by Gasteiger charge is 2.33. The molecule has 0 bridgehead atoms. The Kier molecular flexibility index (Phi) is 8.95. The average molecular weight is 489 g/mol. The second kappa shape index (κ2) is 10.9. The molecule has 1 fully saturated rings. The summed E-state index contributed by atoms with van der Waals surface area (Å²) in [4.78, 5) is 4.37. The first-order valence-corrected chi connectivity index (χ1v) is 9.65. The lowest BCUT2D eigenvalue weighted by molar-refractivity contribution is 0.105. The molecule has 1 saturated carbocycles. The van der Waals surface area contributed by atoms with Crippen LogP contribution >= 0.6 is 24.0 Å². The molecule has 0 spiro atoms. The summed E-state index contributed by atoms with van der Waals surface area (Å²) in [5.41, 5.74) is 1.48. The van der Waals surface area contributed by atoms with Crippen LogP contribution in [0, 0.1) is 5.41 Å². The number of hydrogen-bond donors (Lipinski definition) is 2. The van der Waals surface area contributed by atoms with Crippen molar-refractivity contribution in [3.8, 4) is 11.5 Å². The third kappa shape index (κ3) is 6.14. The monoisotopic (exact) mass is 489 g/mol. The molecule has 0 saturated heterocycles. The molecule has 1 aromatic rings. The first-order valence-electron chi connectivity index (χ1n) is 9.65. The predicted octanol–water partition coefficient (Wildman–Crippen LogP) is 3.69. The second-order valence-electron chi connectivity index (χ2n) is 7.12. The molecule has 0 amide bonds. The van der Waals surface area contributed by atoms with Crippen LogP contribution in [0.2, 0.25) is 0 Å². The lowest BCUT2D eigenvalue weighted by Crippen LogP contribution is -2.43. The maximum atomic E-state index is 5.60. The Morgan fingerprint density at radius 2 is 1.96 bits per heavy atom. The van der Waals surface area contributed by atoms with Gasteiger partial charge in [0.2, 0.25) is 6.79 Å². The van der Waals surface area contributed by atoms with Crippen molar-refractivity contribution in [2.24, 2.45) is 10.4 Å². The van der Waals surface area contributed by atoms with Gasteiger partial charge >= 0.3 is 0 Å². The Bertz CT molecular complexity index is 618. The van der Waals surface area contributed by atoms with Crippen LogP contribution in [0.15, 0.2) is 23.2 Å². The summed E-state index contributed by atoms with van der Waals surface area (Å²) in [5.74, 6) is 2.46. The zero-order valence-corrected chi connectivity index (χ0v) is 18.7. The van der Waals surface area contributed by atoms with Gasteiger partial charge in [-0.2, -0.15) is 0 Å². The van der Waals surface area contributed by atoms with E-state index < -0.39 is 0 Å². The van der Waals surface area contributed by atoms with Crippen LogP contribution in [-0.4, -0.2) is 39.6 Å². The summed E-state index contributed by atoms with van der Waals surface area (Å²) in [6.07, 6.45) is 6.29. The summed E-state index contributed by atoms with van der Waals surface area (Å²) < 4.78 is 16.4. The molecule has 3 rings (SSSR count). The summed E-state index contributed by atoms with van der Waals surface area (Å²) in [6.45, 7) is 5.65. The molecule has 6 nitrogen and oxygen atoms in total. The van der Waals surface area contributed by atoms with Gasteiger partial charge in [-0.15, -0.1) is 24.0 Å². The standard InChI is InChI=1S/C20H31N3O3.HI/c1-3-24-11-10-20(8-4-5-9-20)14-23-19(21-2)22-13-16-6-7-17-18(12-16)26-15-25-17;/h6-7,12H,3-5,8-11,13-15H2,1-2H3,(H2,21,22,23);1H. The van der Waals surface area contributed by atoms with Crippen molar-refractivity contribution in [3.63, 3.8) is 0 Å². The molecule has 2 N–H and O–H groups in total. The molecule has 1 heterocycles. The fourth-order valence-corrected chi connectivity index (χ4v) is 3.80. The minimum absolute atomic E-state index is 0. The lowest BCUT2D eigenvalue weighted by atomic mass is 9.83. The highest BCUT2D eigenvalue weighted by molar-refractivity contribution is 14.0. The molecule has 1 aromatic carbocycles. The van der Waals surface area contributed by atoms with Gasteiger partial charge in [-0.25, -0.2) is 0 Å². The Labute approximate surface area is 179 Å². The van der Waals surface area contributed by atoms with Crippen LogP contribution in [0.5, 0.6) is 11.5 Å². The largest absolute Gasteiger partial charge is 0.454 e. The third-order valence-electron chi connectivity index (χ3n) is 5.40. The number of guanidine groups is 1. The van der Waals surface area contributed by atoms with Gasteiger partial charge < -0.3 is 24.8 Å². The van der Waals surface area contributed by atoms with Gasteiger partial charge in [0.25, 0.3) is 0 Å². The normalized spacial score (nSPS) is 17.5. The van der Waals surface area contributed by atoms with E-state index >= 15 is 0 Å². The third-order valence-corrected chi connectivity index (χ3v) is 5.40. The molecule has 0 radical (unpaired) electrons. The highest BCUT2D eigenvalue weighted by Crippen LogP contribution is 2.40. The van der Waals surface area contributed by atoms with E-state index in [4.69, 9.17) is 14.2 Å².